The van der Waals surface area contributed by atoms with Crippen LogP contribution >= 0.6 is 0 Å². The van der Waals surface area contributed by atoms with Crippen LogP contribution in [0, 0.1) is 18.7 Å². The van der Waals surface area contributed by atoms with Crippen molar-refractivity contribution < 1.29 is 18.3 Å². The highest BCUT2D eigenvalue weighted by Crippen LogP contribution is 2.29. The zero-order valence-electron chi connectivity index (χ0n) is 14.3. The number of aromatic nitrogens is 1. The van der Waals surface area contributed by atoms with Gasteiger partial charge >= 0.3 is 0 Å². The van der Waals surface area contributed by atoms with E-state index in [0.29, 0.717) is 29.7 Å². The van der Waals surface area contributed by atoms with Crippen LogP contribution < -0.4 is 4.74 Å². The van der Waals surface area contributed by atoms with E-state index in [1.54, 1.807) is 26.4 Å². The average Bonchev–Trinajstić information content (AvgIpc) is 3.16. The molecular weight excluding hydrogens is 311 g/mol. The summed E-state index contributed by atoms with van der Waals surface area (Å²) in [6.45, 7) is 5.37. The number of methoxy groups -OCH3 is 2. The van der Waals surface area contributed by atoms with Gasteiger partial charge in [0, 0.05) is 20.2 Å². The van der Waals surface area contributed by atoms with Crippen molar-refractivity contribution in [1.29, 1.82) is 0 Å². The van der Waals surface area contributed by atoms with Crippen molar-refractivity contribution in [3.63, 3.8) is 0 Å². The molecule has 2 aromatic rings. The zero-order valence-corrected chi connectivity index (χ0v) is 14.3. The third kappa shape index (κ3) is 3.60. The van der Waals surface area contributed by atoms with E-state index >= 15 is 0 Å². The van der Waals surface area contributed by atoms with Crippen molar-refractivity contribution in [1.82, 2.24) is 9.88 Å². The number of oxazole rings is 1. The first-order valence-electron chi connectivity index (χ1n) is 8.12. The van der Waals surface area contributed by atoms with Gasteiger partial charge in [0.1, 0.15) is 17.3 Å². The normalized spacial score (nSPS) is 18.2. The number of likely N-dealkylation sites (tertiary alicyclic amines) is 1. The summed E-state index contributed by atoms with van der Waals surface area (Å²) in [7, 11) is 3.28. The van der Waals surface area contributed by atoms with Crippen molar-refractivity contribution in [2.45, 2.75) is 19.9 Å². The Bertz CT molecular complexity index is 702. The summed E-state index contributed by atoms with van der Waals surface area (Å²) in [5.74, 6) is 1.79. The molecule has 0 spiro atoms. The van der Waals surface area contributed by atoms with Gasteiger partial charge in [-0.3, -0.25) is 4.90 Å². The van der Waals surface area contributed by atoms with Crippen LogP contribution in [0.5, 0.6) is 5.75 Å². The van der Waals surface area contributed by atoms with E-state index in [1.165, 1.54) is 6.07 Å². The van der Waals surface area contributed by atoms with Gasteiger partial charge in [-0.25, -0.2) is 9.37 Å². The van der Waals surface area contributed by atoms with Crippen LogP contribution in [0.1, 0.15) is 17.9 Å². The quantitative estimate of drug-likeness (QED) is 0.811. The molecule has 1 atom stereocenters. The van der Waals surface area contributed by atoms with Gasteiger partial charge in [-0.05, 0) is 44.0 Å². The van der Waals surface area contributed by atoms with Gasteiger partial charge in [0.25, 0.3) is 0 Å². The smallest absolute Gasteiger partial charge is 0.229 e. The third-order valence-electron chi connectivity index (χ3n) is 4.44. The van der Waals surface area contributed by atoms with Crippen LogP contribution in [-0.2, 0) is 11.3 Å². The lowest BCUT2D eigenvalue weighted by molar-refractivity contribution is 0.152. The van der Waals surface area contributed by atoms with Crippen molar-refractivity contribution in [2.75, 3.05) is 33.9 Å². The van der Waals surface area contributed by atoms with E-state index in [-0.39, 0.29) is 5.82 Å². The number of halogens is 1. The minimum absolute atomic E-state index is 0.298. The molecule has 1 saturated heterocycles. The van der Waals surface area contributed by atoms with Crippen molar-refractivity contribution in [3.8, 4) is 17.2 Å². The molecule has 0 radical (unpaired) electrons. The number of nitrogens with zero attached hydrogens (tertiary/aromatic N) is 2. The summed E-state index contributed by atoms with van der Waals surface area (Å²) in [6.07, 6.45) is 1.13. The Morgan fingerprint density at radius 2 is 2.21 bits per heavy atom. The Labute approximate surface area is 141 Å². The molecular formula is C18H23FN2O3. The first kappa shape index (κ1) is 16.9. The molecule has 1 unspecified atom stereocenters. The maximum Gasteiger partial charge on any atom is 0.229 e. The molecule has 1 aliphatic heterocycles. The van der Waals surface area contributed by atoms with Gasteiger partial charge in [0.05, 0.1) is 25.0 Å². The summed E-state index contributed by atoms with van der Waals surface area (Å²) in [4.78, 5) is 6.85. The van der Waals surface area contributed by atoms with Gasteiger partial charge in [0.15, 0.2) is 0 Å². The fraction of sp³-hybridized carbons (Fsp3) is 0.500. The van der Waals surface area contributed by atoms with Crippen molar-refractivity contribution >= 4 is 0 Å². The first-order valence-corrected chi connectivity index (χ1v) is 8.12. The third-order valence-corrected chi connectivity index (χ3v) is 4.44. The van der Waals surface area contributed by atoms with Gasteiger partial charge in [-0.2, -0.15) is 0 Å². The van der Waals surface area contributed by atoms with Crippen molar-refractivity contribution in [2.24, 2.45) is 5.92 Å². The van der Waals surface area contributed by atoms with Crippen LogP contribution in [0.15, 0.2) is 22.6 Å². The van der Waals surface area contributed by atoms with E-state index in [2.05, 4.69) is 9.88 Å². The second-order valence-corrected chi connectivity index (χ2v) is 6.21. The number of benzene rings is 1. The lowest BCUT2D eigenvalue weighted by atomic mass is 10.1. The van der Waals surface area contributed by atoms with Gasteiger partial charge < -0.3 is 13.9 Å². The van der Waals surface area contributed by atoms with Crippen LogP contribution in [0.25, 0.3) is 11.5 Å². The predicted molar refractivity (Wildman–Crippen MR) is 88.4 cm³/mol. The molecule has 1 aromatic carbocycles. The molecule has 5 nitrogen and oxygen atoms in total. The second-order valence-electron chi connectivity index (χ2n) is 6.21. The number of hydrogen-bond acceptors (Lipinski definition) is 5. The van der Waals surface area contributed by atoms with E-state index in [0.717, 1.165) is 37.6 Å². The molecule has 0 aliphatic carbocycles. The first-order chi connectivity index (χ1) is 11.6. The lowest BCUT2D eigenvalue weighted by Gasteiger charge is -2.14. The molecule has 0 N–H and O–H groups in total. The summed E-state index contributed by atoms with van der Waals surface area (Å²) in [6, 6.07) is 4.55. The number of aryl methyl sites for hydroxylation is 1. The molecule has 2 heterocycles. The molecule has 1 aliphatic rings. The molecule has 24 heavy (non-hydrogen) atoms. The van der Waals surface area contributed by atoms with Crippen LogP contribution in [-0.4, -0.2) is 43.8 Å². The summed E-state index contributed by atoms with van der Waals surface area (Å²) in [5.41, 5.74) is 1.17. The molecule has 130 valence electrons. The Morgan fingerprint density at radius 1 is 1.38 bits per heavy atom. The minimum Gasteiger partial charge on any atom is -0.497 e. The summed E-state index contributed by atoms with van der Waals surface area (Å²) in [5, 5.41) is 0. The lowest BCUT2D eigenvalue weighted by Crippen LogP contribution is -2.21. The number of rotatable bonds is 6. The van der Waals surface area contributed by atoms with Crippen molar-refractivity contribution in [3.05, 3.63) is 35.5 Å². The van der Waals surface area contributed by atoms with E-state index in [9.17, 15) is 4.39 Å². The van der Waals surface area contributed by atoms with E-state index < -0.39 is 0 Å². The van der Waals surface area contributed by atoms with Gasteiger partial charge in [-0.1, -0.05) is 0 Å². The Kier molecular flexibility index (Phi) is 5.16. The van der Waals surface area contributed by atoms with Gasteiger partial charge in [-0.15, -0.1) is 0 Å². The molecule has 3 rings (SSSR count). The summed E-state index contributed by atoms with van der Waals surface area (Å²) < 4.78 is 30.2. The van der Waals surface area contributed by atoms with Gasteiger partial charge in [0.2, 0.25) is 5.89 Å². The second kappa shape index (κ2) is 7.32. The molecule has 6 heteroatoms. The van der Waals surface area contributed by atoms with Crippen LogP contribution in [0.4, 0.5) is 4.39 Å². The molecule has 0 saturated carbocycles. The van der Waals surface area contributed by atoms with Crippen LogP contribution in [0.3, 0.4) is 0 Å². The summed E-state index contributed by atoms with van der Waals surface area (Å²) >= 11 is 0. The Balaban J connectivity index is 1.76. The largest absolute Gasteiger partial charge is 0.497 e. The van der Waals surface area contributed by atoms with Crippen LogP contribution in [0.2, 0.25) is 0 Å². The Morgan fingerprint density at radius 3 is 2.96 bits per heavy atom. The number of hydrogen-bond donors (Lipinski definition) is 0. The minimum atomic E-state index is -0.370. The Hall–Kier alpha value is -1.92. The highest BCUT2D eigenvalue weighted by Gasteiger charge is 2.24. The maximum atomic E-state index is 14.1. The van der Waals surface area contributed by atoms with E-state index in [1.807, 2.05) is 6.92 Å². The zero-order chi connectivity index (χ0) is 17.1. The monoisotopic (exact) mass is 334 g/mol. The fourth-order valence-corrected chi connectivity index (χ4v) is 3.13. The maximum absolute atomic E-state index is 14.1. The highest BCUT2D eigenvalue weighted by atomic mass is 19.1. The molecule has 0 bridgehead atoms. The highest BCUT2D eigenvalue weighted by molar-refractivity contribution is 5.57. The topological polar surface area (TPSA) is 47.7 Å². The average molecular weight is 334 g/mol. The molecule has 1 aromatic heterocycles. The van der Waals surface area contributed by atoms with E-state index in [4.69, 9.17) is 13.9 Å². The number of ether oxygens (including phenoxy) is 2. The predicted octanol–water partition coefficient (Wildman–Crippen LogP) is 3.27. The molecule has 1 fully saturated rings. The molecule has 0 amide bonds. The standard InChI is InChI=1S/C18H23FN2O3/c1-12-17(10-21-7-6-13(9-21)11-22-2)20-18(24-12)15-8-14(23-3)4-5-16(15)19/h4-5,8,13H,6-7,9-11H2,1-3H3. The SMILES string of the molecule is COCC1CCN(Cc2nc(-c3cc(OC)ccc3F)oc2C)C1. The fourth-order valence-electron chi connectivity index (χ4n) is 3.13.